The first-order chi connectivity index (χ1) is 18.6. The van der Waals surface area contributed by atoms with E-state index < -0.39 is 17.7 Å². The van der Waals surface area contributed by atoms with Crippen LogP contribution in [0.2, 0.25) is 0 Å². The number of ether oxygens (including phenoxy) is 2. The maximum Gasteiger partial charge on any atom is 0.413 e. The molecule has 3 aromatic carbocycles. The van der Waals surface area contributed by atoms with E-state index in [2.05, 4.69) is 19.8 Å². The average Bonchev–Trinajstić information content (AvgIpc) is 3.40. The quantitative estimate of drug-likeness (QED) is 0.127. The number of anilines is 1. The summed E-state index contributed by atoms with van der Waals surface area (Å²) in [6, 6.07) is 28.8. The standard InChI is InChI=1S/C28H26N4O5S/c1-3-35-25(33)23(24-29-26(38-32-24)30-27(34)36-4-2)31-37-28(20-14-8-5-9-15-20,21-16-10-6-11-17-21)22-18-12-7-13-19-22/h5-19H,3-4H2,1-2H3,(H,29,30,32,34)/b31-23-. The van der Waals surface area contributed by atoms with Gasteiger partial charge in [-0.1, -0.05) is 96.2 Å². The van der Waals surface area contributed by atoms with Crippen molar-refractivity contribution in [1.29, 1.82) is 0 Å². The zero-order chi connectivity index (χ0) is 26.8. The van der Waals surface area contributed by atoms with Crippen LogP contribution >= 0.6 is 11.5 Å². The van der Waals surface area contributed by atoms with E-state index in [4.69, 9.17) is 14.3 Å². The second-order valence-corrected chi connectivity index (χ2v) is 8.55. The van der Waals surface area contributed by atoms with Crippen molar-refractivity contribution in [1.82, 2.24) is 9.36 Å². The van der Waals surface area contributed by atoms with Crippen molar-refractivity contribution in [3.63, 3.8) is 0 Å². The van der Waals surface area contributed by atoms with Gasteiger partial charge in [-0.15, -0.1) is 0 Å². The summed E-state index contributed by atoms with van der Waals surface area (Å²) in [4.78, 5) is 35.4. The minimum Gasteiger partial charge on any atom is -0.461 e. The fourth-order valence-corrected chi connectivity index (χ4v) is 4.34. The largest absolute Gasteiger partial charge is 0.461 e. The minimum absolute atomic E-state index is 0.0525. The molecule has 0 saturated carbocycles. The molecule has 0 spiro atoms. The van der Waals surface area contributed by atoms with Crippen molar-refractivity contribution < 1.29 is 23.9 Å². The molecule has 0 bridgehead atoms. The summed E-state index contributed by atoms with van der Waals surface area (Å²) in [6.45, 7) is 3.67. The molecular weight excluding hydrogens is 504 g/mol. The molecule has 0 unspecified atom stereocenters. The zero-order valence-electron chi connectivity index (χ0n) is 20.9. The van der Waals surface area contributed by atoms with E-state index in [0.717, 1.165) is 28.2 Å². The molecule has 0 saturated heterocycles. The number of oxime groups is 1. The first kappa shape index (κ1) is 26.5. The van der Waals surface area contributed by atoms with Gasteiger partial charge in [0.1, 0.15) is 0 Å². The van der Waals surface area contributed by atoms with E-state index in [-0.39, 0.29) is 29.9 Å². The Morgan fingerprint density at radius 2 is 1.32 bits per heavy atom. The van der Waals surface area contributed by atoms with Gasteiger partial charge in [0, 0.05) is 28.2 Å². The minimum atomic E-state index is -1.22. The first-order valence-electron chi connectivity index (χ1n) is 12.0. The van der Waals surface area contributed by atoms with E-state index in [0.29, 0.717) is 0 Å². The molecule has 1 N–H and O–H groups in total. The van der Waals surface area contributed by atoms with Crippen LogP contribution in [-0.2, 0) is 24.7 Å². The van der Waals surface area contributed by atoms with Crippen LogP contribution in [0, 0.1) is 0 Å². The van der Waals surface area contributed by atoms with Crippen molar-refractivity contribution in [2.75, 3.05) is 18.5 Å². The molecule has 4 rings (SSSR count). The molecule has 0 aliphatic carbocycles. The SMILES string of the molecule is CCOC(=O)Nc1nc(/C(=N/OC(c2ccccc2)(c2ccccc2)c2ccccc2)C(=O)OCC)ns1. The van der Waals surface area contributed by atoms with E-state index in [1.54, 1.807) is 13.8 Å². The lowest BCUT2D eigenvalue weighted by Gasteiger charge is -2.33. The third-order valence-corrected chi connectivity index (χ3v) is 6.04. The number of hydrogen-bond acceptors (Lipinski definition) is 9. The normalized spacial score (nSPS) is 11.5. The van der Waals surface area contributed by atoms with Gasteiger partial charge in [0.25, 0.3) is 0 Å². The molecule has 38 heavy (non-hydrogen) atoms. The van der Waals surface area contributed by atoms with Crippen molar-refractivity contribution in [2.45, 2.75) is 19.4 Å². The smallest absolute Gasteiger partial charge is 0.413 e. The van der Waals surface area contributed by atoms with Crippen molar-refractivity contribution >= 4 is 34.4 Å². The summed E-state index contributed by atoms with van der Waals surface area (Å²) >= 11 is 0.873. The predicted octanol–water partition coefficient (Wildman–Crippen LogP) is 5.38. The fraction of sp³-hybridized carbons (Fsp3) is 0.179. The predicted molar refractivity (Wildman–Crippen MR) is 144 cm³/mol. The number of nitrogens with zero attached hydrogens (tertiary/aromatic N) is 3. The molecule has 194 valence electrons. The van der Waals surface area contributed by atoms with Gasteiger partial charge in [-0.3, -0.25) is 5.32 Å². The van der Waals surface area contributed by atoms with Crippen LogP contribution in [0.5, 0.6) is 0 Å². The highest BCUT2D eigenvalue weighted by Crippen LogP contribution is 2.40. The number of amides is 1. The van der Waals surface area contributed by atoms with Crippen LogP contribution in [0.25, 0.3) is 0 Å². The van der Waals surface area contributed by atoms with Gasteiger partial charge < -0.3 is 14.3 Å². The van der Waals surface area contributed by atoms with Gasteiger partial charge in [-0.2, -0.15) is 9.36 Å². The first-order valence-corrected chi connectivity index (χ1v) is 12.7. The Balaban J connectivity index is 1.84. The summed E-state index contributed by atoms with van der Waals surface area (Å²) in [6.07, 6.45) is -0.683. The van der Waals surface area contributed by atoms with Crippen LogP contribution in [0.3, 0.4) is 0 Å². The van der Waals surface area contributed by atoms with E-state index in [9.17, 15) is 9.59 Å². The lowest BCUT2D eigenvalue weighted by molar-refractivity contribution is -0.135. The Bertz CT molecular complexity index is 1280. The van der Waals surface area contributed by atoms with Gasteiger partial charge in [0.2, 0.25) is 22.3 Å². The second kappa shape index (κ2) is 12.6. The third-order valence-electron chi connectivity index (χ3n) is 5.41. The van der Waals surface area contributed by atoms with E-state index in [1.165, 1.54) is 0 Å². The van der Waals surface area contributed by atoms with E-state index >= 15 is 0 Å². The number of carbonyl (C=O) groups excluding carboxylic acids is 2. The lowest BCUT2D eigenvalue weighted by Crippen LogP contribution is -2.32. The Morgan fingerprint density at radius 3 is 1.79 bits per heavy atom. The van der Waals surface area contributed by atoms with Crippen LogP contribution in [0.4, 0.5) is 9.93 Å². The fourth-order valence-electron chi connectivity index (χ4n) is 3.78. The summed E-state index contributed by atoms with van der Waals surface area (Å²) in [5, 5.41) is 6.93. The molecule has 1 aromatic heterocycles. The Kier molecular flexibility index (Phi) is 8.78. The number of rotatable bonds is 10. The molecule has 1 heterocycles. The topological polar surface area (TPSA) is 112 Å². The Hall–Kier alpha value is -4.57. The highest BCUT2D eigenvalue weighted by Gasteiger charge is 2.40. The molecular formula is C28H26N4O5S. The monoisotopic (exact) mass is 530 g/mol. The molecule has 10 heteroatoms. The molecule has 0 radical (unpaired) electrons. The number of nitrogens with one attached hydrogen (secondary N) is 1. The Morgan fingerprint density at radius 1 is 0.816 bits per heavy atom. The number of hydrogen-bond donors (Lipinski definition) is 1. The molecule has 1 amide bonds. The number of esters is 1. The second-order valence-electron chi connectivity index (χ2n) is 7.80. The van der Waals surface area contributed by atoms with E-state index in [1.807, 2.05) is 91.0 Å². The number of benzene rings is 3. The highest BCUT2D eigenvalue weighted by molar-refractivity contribution is 7.10. The summed E-state index contributed by atoms with van der Waals surface area (Å²) < 4.78 is 14.3. The zero-order valence-corrected chi connectivity index (χ0v) is 21.7. The summed E-state index contributed by atoms with van der Waals surface area (Å²) in [7, 11) is 0. The van der Waals surface area contributed by atoms with Crippen LogP contribution in [0.15, 0.2) is 96.2 Å². The molecule has 9 nitrogen and oxygen atoms in total. The lowest BCUT2D eigenvalue weighted by atomic mass is 9.80. The van der Waals surface area contributed by atoms with Gasteiger partial charge in [0.15, 0.2) is 0 Å². The van der Waals surface area contributed by atoms with Crippen LogP contribution in [0.1, 0.15) is 36.4 Å². The Labute approximate surface area is 224 Å². The van der Waals surface area contributed by atoms with Crippen LogP contribution in [-0.4, -0.2) is 40.3 Å². The number of carbonyl (C=O) groups is 2. The van der Waals surface area contributed by atoms with Gasteiger partial charge in [-0.05, 0) is 13.8 Å². The average molecular weight is 531 g/mol. The third kappa shape index (κ3) is 5.87. The summed E-state index contributed by atoms with van der Waals surface area (Å²) in [5.41, 5.74) is 0.914. The van der Waals surface area contributed by atoms with Gasteiger partial charge >= 0.3 is 12.1 Å². The van der Waals surface area contributed by atoms with Crippen LogP contribution < -0.4 is 5.32 Å². The molecule has 0 fully saturated rings. The van der Waals surface area contributed by atoms with Gasteiger partial charge in [0.05, 0.1) is 13.2 Å². The van der Waals surface area contributed by atoms with Crippen molar-refractivity contribution in [3.8, 4) is 0 Å². The molecule has 0 aliphatic heterocycles. The molecule has 0 atom stereocenters. The summed E-state index contributed by atoms with van der Waals surface area (Å²) in [5.74, 6) is -0.820. The molecule has 0 aliphatic rings. The number of aromatic nitrogens is 2. The maximum atomic E-state index is 13.0. The van der Waals surface area contributed by atoms with Gasteiger partial charge in [-0.25, -0.2) is 9.59 Å². The van der Waals surface area contributed by atoms with Crippen molar-refractivity contribution in [2.24, 2.45) is 5.16 Å². The van der Waals surface area contributed by atoms with Crippen molar-refractivity contribution in [3.05, 3.63) is 114 Å². The maximum absolute atomic E-state index is 13.0. The highest BCUT2D eigenvalue weighted by atomic mass is 32.1. The molecule has 4 aromatic rings.